The Labute approximate surface area is 257 Å². The van der Waals surface area contributed by atoms with Gasteiger partial charge in [-0.05, 0) is 83.3 Å². The normalized spacial score (nSPS) is 16.8. The maximum absolute atomic E-state index is 13.9. The van der Waals surface area contributed by atoms with Crippen molar-refractivity contribution in [3.05, 3.63) is 112 Å². The number of aromatic nitrogens is 2. The molecule has 0 aliphatic heterocycles. The van der Waals surface area contributed by atoms with E-state index in [2.05, 4.69) is 23.6 Å². The molecule has 0 radical (unpaired) electrons. The number of amides is 1. The summed E-state index contributed by atoms with van der Waals surface area (Å²) in [5.74, 6) is -0.0139. The van der Waals surface area contributed by atoms with Gasteiger partial charge < -0.3 is 9.47 Å². The number of carbonyl (C=O) groups excluding carboxylic acids is 1. The van der Waals surface area contributed by atoms with Crippen LogP contribution in [0.1, 0.15) is 74.5 Å². The molecule has 0 saturated heterocycles. The summed E-state index contributed by atoms with van der Waals surface area (Å²) in [6.45, 7) is 6.41. The van der Waals surface area contributed by atoms with Gasteiger partial charge >= 0.3 is 0 Å². The Morgan fingerprint density at radius 3 is 2.63 bits per heavy atom. The summed E-state index contributed by atoms with van der Waals surface area (Å²) in [5.41, 5.74) is 3.05. The van der Waals surface area contributed by atoms with Crippen LogP contribution in [0.4, 0.5) is 10.1 Å². The molecular weight excluding hydrogens is 587 g/mol. The van der Waals surface area contributed by atoms with Gasteiger partial charge in [-0.1, -0.05) is 56.6 Å². The Balaban J connectivity index is 1.52. The highest BCUT2D eigenvalue weighted by molar-refractivity contribution is 7.89. The number of nitrogens with one attached hydrogen (secondary N) is 1. The molecule has 1 aliphatic rings. The lowest BCUT2D eigenvalue weighted by molar-refractivity contribution is -0.119. The third kappa shape index (κ3) is 6.84. The van der Waals surface area contributed by atoms with Crippen LogP contribution in [0.3, 0.4) is 0 Å². The highest BCUT2D eigenvalue weighted by Gasteiger charge is 2.36. The summed E-state index contributed by atoms with van der Waals surface area (Å²) >= 11 is 6.09. The molecule has 3 aromatic carbocycles. The SMILES string of the molecule is C[C@H](CC(=O)N(Cc1nccn1C)c1ccc2c(c1)[C@@H](NS(=O)(=O)c1cccc(Cl)c1)CCC2(C)C)c1cccc(F)c1. The summed E-state index contributed by atoms with van der Waals surface area (Å²) < 4.78 is 45.5. The van der Waals surface area contributed by atoms with Crippen LogP contribution in [0.25, 0.3) is 0 Å². The van der Waals surface area contributed by atoms with Crippen LogP contribution >= 0.6 is 11.6 Å². The van der Waals surface area contributed by atoms with Crippen LogP contribution in [-0.4, -0.2) is 23.9 Å². The predicted octanol–water partition coefficient (Wildman–Crippen LogP) is 7.03. The Hall–Kier alpha value is -3.53. The summed E-state index contributed by atoms with van der Waals surface area (Å²) in [6, 6.07) is 17.9. The second kappa shape index (κ2) is 12.2. The third-order valence-corrected chi connectivity index (χ3v) is 10.0. The minimum absolute atomic E-state index is 0.0976. The number of hydrogen-bond donors (Lipinski definition) is 1. The van der Waals surface area contributed by atoms with Gasteiger partial charge in [0.2, 0.25) is 15.9 Å². The molecular formula is C33H36ClFN4O3S. The molecule has 10 heteroatoms. The minimum Gasteiger partial charge on any atom is -0.337 e. The van der Waals surface area contributed by atoms with Crippen LogP contribution in [0, 0.1) is 5.82 Å². The van der Waals surface area contributed by atoms with Crippen LogP contribution in [0.5, 0.6) is 0 Å². The van der Waals surface area contributed by atoms with Gasteiger partial charge in [-0.3, -0.25) is 4.79 Å². The molecule has 0 fully saturated rings. The van der Waals surface area contributed by atoms with E-state index in [1.54, 1.807) is 29.3 Å². The molecule has 0 bridgehead atoms. The van der Waals surface area contributed by atoms with E-state index in [1.807, 2.05) is 49.0 Å². The lowest BCUT2D eigenvalue weighted by atomic mass is 9.71. The number of hydrogen-bond acceptors (Lipinski definition) is 4. The highest BCUT2D eigenvalue weighted by Crippen LogP contribution is 2.44. The van der Waals surface area contributed by atoms with Gasteiger partial charge in [0, 0.05) is 42.6 Å². The zero-order valence-corrected chi connectivity index (χ0v) is 26.3. The van der Waals surface area contributed by atoms with Gasteiger partial charge in [-0.25, -0.2) is 22.5 Å². The van der Waals surface area contributed by atoms with Gasteiger partial charge in [0.25, 0.3) is 0 Å². The fourth-order valence-electron chi connectivity index (χ4n) is 5.75. The maximum atomic E-state index is 13.9. The summed E-state index contributed by atoms with van der Waals surface area (Å²) in [6.07, 6.45) is 5.03. The molecule has 5 rings (SSSR count). The van der Waals surface area contributed by atoms with Gasteiger partial charge in [-0.2, -0.15) is 0 Å². The molecule has 1 N–H and O–H groups in total. The van der Waals surface area contributed by atoms with E-state index in [9.17, 15) is 17.6 Å². The zero-order valence-electron chi connectivity index (χ0n) is 24.7. The third-order valence-electron chi connectivity index (χ3n) is 8.33. The Morgan fingerprint density at radius 1 is 1.16 bits per heavy atom. The topological polar surface area (TPSA) is 84.3 Å². The van der Waals surface area contributed by atoms with E-state index in [1.165, 1.54) is 24.3 Å². The number of nitrogens with zero attached hydrogens (tertiary/aromatic N) is 3. The maximum Gasteiger partial charge on any atom is 0.241 e. The standard InChI is InChI=1S/C33H36ClFN4O3S/c1-22(23-7-5-9-25(35)18-23)17-32(40)39(21-31-36-15-16-38(31)4)26-11-12-29-28(20-26)30(13-14-33(29,2)3)37-43(41,42)27-10-6-8-24(34)19-27/h5-12,15-16,18-20,22,30,37H,13-14,17,21H2,1-4H3/t22-,30+/m1/s1. The number of imidazole rings is 1. The lowest BCUT2D eigenvalue weighted by Crippen LogP contribution is -2.37. The minimum atomic E-state index is -3.87. The van der Waals surface area contributed by atoms with Crippen LogP contribution in [0.15, 0.2) is 84.0 Å². The fourth-order valence-corrected chi connectivity index (χ4v) is 7.30. The van der Waals surface area contributed by atoms with Crippen molar-refractivity contribution in [2.24, 2.45) is 7.05 Å². The van der Waals surface area contributed by atoms with Crippen molar-refractivity contribution in [3.63, 3.8) is 0 Å². The Bertz CT molecular complexity index is 1750. The number of carbonyl (C=O) groups is 1. The number of halogens is 2. The number of rotatable bonds is 9. The summed E-state index contributed by atoms with van der Waals surface area (Å²) in [7, 11) is -2.00. The van der Waals surface area contributed by atoms with E-state index in [0.717, 1.165) is 23.1 Å². The lowest BCUT2D eigenvalue weighted by Gasteiger charge is -2.38. The van der Waals surface area contributed by atoms with Crippen molar-refractivity contribution in [3.8, 4) is 0 Å². The quantitative estimate of drug-likeness (QED) is 0.217. The molecule has 0 spiro atoms. The van der Waals surface area contributed by atoms with Gasteiger partial charge in [0.1, 0.15) is 11.6 Å². The van der Waals surface area contributed by atoms with Crippen LogP contribution < -0.4 is 9.62 Å². The van der Waals surface area contributed by atoms with Crippen molar-refractivity contribution in [2.75, 3.05) is 4.90 Å². The largest absolute Gasteiger partial charge is 0.337 e. The highest BCUT2D eigenvalue weighted by atomic mass is 35.5. The molecule has 1 heterocycles. The van der Waals surface area contributed by atoms with Gasteiger partial charge in [-0.15, -0.1) is 0 Å². The first-order valence-corrected chi connectivity index (χ1v) is 16.1. The van der Waals surface area contributed by atoms with Gasteiger partial charge in [0.05, 0.1) is 11.4 Å². The number of anilines is 1. The summed E-state index contributed by atoms with van der Waals surface area (Å²) in [4.78, 5) is 20.2. The first-order valence-electron chi connectivity index (χ1n) is 14.3. The molecule has 1 aliphatic carbocycles. The van der Waals surface area contributed by atoms with Crippen LogP contribution in [0.2, 0.25) is 5.02 Å². The molecule has 1 aromatic heterocycles. The summed E-state index contributed by atoms with van der Waals surface area (Å²) in [5, 5.41) is 0.339. The Kier molecular flexibility index (Phi) is 8.79. The molecule has 43 heavy (non-hydrogen) atoms. The fraction of sp³-hybridized carbons (Fsp3) is 0.333. The van der Waals surface area contributed by atoms with Crippen molar-refractivity contribution < 1.29 is 17.6 Å². The average Bonchev–Trinajstić information content (AvgIpc) is 3.37. The van der Waals surface area contributed by atoms with Crippen molar-refractivity contribution >= 4 is 33.2 Å². The number of benzene rings is 3. The van der Waals surface area contributed by atoms with E-state index in [0.29, 0.717) is 23.0 Å². The molecule has 0 unspecified atom stereocenters. The van der Waals surface area contributed by atoms with Crippen molar-refractivity contribution in [1.29, 1.82) is 0 Å². The second-order valence-electron chi connectivity index (χ2n) is 11.9. The van der Waals surface area contributed by atoms with E-state index >= 15 is 0 Å². The van der Waals surface area contributed by atoms with Gasteiger partial charge in [0.15, 0.2) is 0 Å². The van der Waals surface area contributed by atoms with Crippen molar-refractivity contribution in [1.82, 2.24) is 14.3 Å². The van der Waals surface area contributed by atoms with E-state index < -0.39 is 16.1 Å². The number of aryl methyl sites for hydroxylation is 1. The monoisotopic (exact) mass is 622 g/mol. The molecule has 0 saturated carbocycles. The van der Waals surface area contributed by atoms with Crippen LogP contribution in [-0.2, 0) is 33.8 Å². The zero-order chi connectivity index (χ0) is 30.9. The average molecular weight is 623 g/mol. The molecule has 226 valence electrons. The number of fused-ring (bicyclic) bond motifs is 1. The smallest absolute Gasteiger partial charge is 0.241 e. The Morgan fingerprint density at radius 2 is 1.93 bits per heavy atom. The van der Waals surface area contributed by atoms with Crippen molar-refractivity contribution in [2.45, 2.75) is 68.8 Å². The predicted molar refractivity (Wildman–Crippen MR) is 167 cm³/mol. The van der Waals surface area contributed by atoms with E-state index in [4.69, 9.17) is 11.6 Å². The molecule has 7 nitrogen and oxygen atoms in total. The number of sulfonamides is 1. The van der Waals surface area contributed by atoms with E-state index in [-0.39, 0.29) is 40.9 Å². The first-order chi connectivity index (χ1) is 20.3. The second-order valence-corrected chi connectivity index (χ2v) is 14.1. The first kappa shape index (κ1) is 30.9. The molecule has 2 atom stereocenters. The molecule has 1 amide bonds. The molecule has 4 aromatic rings.